The van der Waals surface area contributed by atoms with Crippen LogP contribution in [0.5, 0.6) is 0 Å². The molecule has 0 atom stereocenters. The van der Waals surface area contributed by atoms with E-state index in [9.17, 15) is 0 Å². The highest BCUT2D eigenvalue weighted by Gasteiger charge is 2.23. The van der Waals surface area contributed by atoms with Crippen LogP contribution in [-0.2, 0) is 0 Å². The van der Waals surface area contributed by atoms with Crippen molar-refractivity contribution in [2.24, 2.45) is 0 Å². The minimum Gasteiger partial charge on any atom is -0.0622 e. The maximum atomic E-state index is 2.24. The molecule has 0 bridgehead atoms. The van der Waals surface area contributed by atoms with Gasteiger partial charge in [-0.2, -0.15) is 0 Å². The van der Waals surface area contributed by atoms with Crippen molar-refractivity contribution in [3.05, 3.63) is 152 Å². The van der Waals surface area contributed by atoms with Gasteiger partial charge < -0.3 is 0 Å². The van der Waals surface area contributed by atoms with Crippen LogP contribution in [0.3, 0.4) is 0 Å². The Balaban J connectivity index is 1.84. The molecule has 0 radical (unpaired) electrons. The SMILES string of the molecule is c1ccc(-c2pc(-c3ccccc3)c(-c3ccccc3)c(-c3ccccc3)c2-c2ccccc2)cc1. The average Bonchev–Trinajstić information content (AvgIpc) is 2.98. The van der Waals surface area contributed by atoms with E-state index in [2.05, 4.69) is 152 Å². The number of benzene rings is 5. The molecule has 0 N–H and O–H groups in total. The molecule has 0 unspecified atom stereocenters. The van der Waals surface area contributed by atoms with Crippen molar-refractivity contribution in [2.45, 2.75) is 0 Å². The first kappa shape index (κ1) is 22.2. The normalized spacial score (nSPS) is 10.8. The fraction of sp³-hybridized carbons (Fsp3) is 0. The zero-order chi connectivity index (χ0) is 24.2. The third-order valence-electron chi connectivity index (χ3n) is 6.48. The van der Waals surface area contributed by atoms with Gasteiger partial charge in [0, 0.05) is 21.7 Å². The van der Waals surface area contributed by atoms with Gasteiger partial charge in [-0.25, -0.2) is 0 Å². The lowest BCUT2D eigenvalue weighted by Gasteiger charge is -2.24. The largest absolute Gasteiger partial charge is 0.0622 e. The first-order valence-electron chi connectivity index (χ1n) is 12.3. The lowest BCUT2D eigenvalue weighted by molar-refractivity contribution is 1.57. The van der Waals surface area contributed by atoms with Crippen molar-refractivity contribution in [1.29, 1.82) is 0 Å². The van der Waals surface area contributed by atoms with Crippen molar-refractivity contribution >= 4 is 8.19 Å². The summed E-state index contributed by atoms with van der Waals surface area (Å²) in [4.78, 5) is 0. The fourth-order valence-corrected chi connectivity index (χ4v) is 6.35. The molecule has 0 aliphatic heterocycles. The Bertz CT molecular complexity index is 1470. The molecule has 6 rings (SSSR count). The van der Waals surface area contributed by atoms with E-state index in [1.807, 2.05) is 0 Å². The van der Waals surface area contributed by atoms with Gasteiger partial charge in [-0.15, -0.1) is 0 Å². The predicted molar refractivity (Wildman–Crippen MR) is 156 cm³/mol. The third kappa shape index (κ3) is 4.29. The first-order chi connectivity index (χ1) is 17.9. The average molecular weight is 477 g/mol. The fourth-order valence-electron chi connectivity index (χ4n) is 4.86. The van der Waals surface area contributed by atoms with E-state index in [0.717, 1.165) is 0 Å². The van der Waals surface area contributed by atoms with E-state index in [1.54, 1.807) is 0 Å². The Morgan fingerprint density at radius 3 is 0.806 bits per heavy atom. The van der Waals surface area contributed by atoms with Crippen LogP contribution in [0.15, 0.2) is 152 Å². The van der Waals surface area contributed by atoms with Crippen molar-refractivity contribution in [1.82, 2.24) is 0 Å². The van der Waals surface area contributed by atoms with E-state index in [1.165, 1.54) is 63.3 Å². The highest BCUT2D eigenvalue weighted by molar-refractivity contribution is 7.38. The van der Waals surface area contributed by atoms with Crippen LogP contribution in [0.4, 0.5) is 0 Å². The minimum absolute atomic E-state index is 1.20. The summed E-state index contributed by atoms with van der Waals surface area (Å²) in [5, 5.41) is 2.67. The molecule has 1 heteroatoms. The van der Waals surface area contributed by atoms with Crippen LogP contribution in [0.25, 0.3) is 55.1 Å². The summed E-state index contributed by atoms with van der Waals surface area (Å²) in [6, 6.07) is 54.3. The summed E-state index contributed by atoms with van der Waals surface area (Å²) in [6.07, 6.45) is 0. The van der Waals surface area contributed by atoms with Crippen molar-refractivity contribution < 1.29 is 0 Å². The molecule has 0 amide bonds. The Morgan fingerprint density at radius 1 is 0.250 bits per heavy atom. The Hall–Kier alpha value is -4.25. The summed E-state index contributed by atoms with van der Waals surface area (Å²) < 4.78 is 0. The third-order valence-corrected chi connectivity index (χ3v) is 7.89. The second kappa shape index (κ2) is 10.2. The van der Waals surface area contributed by atoms with Crippen LogP contribution in [0.2, 0.25) is 0 Å². The molecule has 6 aromatic rings. The van der Waals surface area contributed by atoms with Gasteiger partial charge in [-0.05, 0) is 33.4 Å². The Labute approximate surface area is 214 Å². The van der Waals surface area contributed by atoms with Gasteiger partial charge >= 0.3 is 0 Å². The van der Waals surface area contributed by atoms with Crippen molar-refractivity contribution in [3.8, 4) is 55.1 Å². The molecule has 0 aliphatic carbocycles. The molecule has 0 saturated heterocycles. The number of rotatable bonds is 5. The standard InChI is InChI=1S/C35H25P/c1-6-16-26(17-7-1)31-32(27-18-8-2-9-19-27)34(29-22-12-4-13-23-29)36-35(30-24-14-5-15-25-30)33(31)28-20-10-3-11-21-28/h1-25H. The maximum Gasteiger partial charge on any atom is 0.0181 e. The molecular formula is C35H25P. The minimum atomic E-state index is 1.20. The van der Waals surface area contributed by atoms with E-state index in [-0.39, 0.29) is 0 Å². The quantitative estimate of drug-likeness (QED) is 0.232. The molecule has 5 aromatic carbocycles. The Morgan fingerprint density at radius 2 is 0.500 bits per heavy atom. The van der Waals surface area contributed by atoms with Gasteiger partial charge in [0.2, 0.25) is 0 Å². The van der Waals surface area contributed by atoms with Gasteiger partial charge in [0.05, 0.1) is 0 Å². The van der Waals surface area contributed by atoms with Gasteiger partial charge in [0.1, 0.15) is 0 Å². The molecule has 0 aliphatic rings. The highest BCUT2D eigenvalue weighted by Crippen LogP contribution is 2.54. The van der Waals surface area contributed by atoms with E-state index in [4.69, 9.17) is 0 Å². The topological polar surface area (TPSA) is 0 Å². The summed E-state index contributed by atoms with van der Waals surface area (Å²) in [5.74, 6) is 0. The first-order valence-corrected chi connectivity index (χ1v) is 13.1. The molecule has 36 heavy (non-hydrogen) atoms. The maximum absolute atomic E-state index is 2.24. The highest BCUT2D eigenvalue weighted by atomic mass is 31.0. The van der Waals surface area contributed by atoms with E-state index in [0.29, 0.717) is 0 Å². The van der Waals surface area contributed by atoms with Crippen LogP contribution in [0, 0.1) is 0 Å². The van der Waals surface area contributed by atoms with E-state index < -0.39 is 0 Å². The second-order valence-corrected chi connectivity index (χ2v) is 9.88. The number of hydrogen-bond acceptors (Lipinski definition) is 0. The number of hydrogen-bond donors (Lipinski definition) is 0. The molecule has 0 fully saturated rings. The molecule has 1 aromatic heterocycles. The summed E-state index contributed by atoms with van der Waals surface area (Å²) in [6.45, 7) is 0. The Kier molecular flexibility index (Phi) is 6.28. The molecular weight excluding hydrogens is 451 g/mol. The van der Waals surface area contributed by atoms with Gasteiger partial charge in [-0.1, -0.05) is 160 Å². The van der Waals surface area contributed by atoms with Crippen LogP contribution < -0.4 is 0 Å². The molecule has 1 heterocycles. The summed E-state index contributed by atoms with van der Waals surface area (Å²) in [7, 11) is 1.20. The van der Waals surface area contributed by atoms with Gasteiger partial charge in [-0.3, -0.25) is 0 Å². The molecule has 0 nitrogen and oxygen atoms in total. The molecule has 0 saturated carbocycles. The smallest absolute Gasteiger partial charge is 0.0181 e. The van der Waals surface area contributed by atoms with E-state index >= 15 is 0 Å². The summed E-state index contributed by atoms with van der Waals surface area (Å²) >= 11 is 0. The zero-order valence-electron chi connectivity index (χ0n) is 19.9. The van der Waals surface area contributed by atoms with Crippen LogP contribution in [0.1, 0.15) is 0 Å². The molecule has 170 valence electrons. The van der Waals surface area contributed by atoms with Crippen molar-refractivity contribution in [3.63, 3.8) is 0 Å². The summed E-state index contributed by atoms with van der Waals surface area (Å²) in [5.41, 5.74) is 10.1. The second-order valence-electron chi connectivity index (χ2n) is 8.76. The predicted octanol–water partition coefficient (Wildman–Crippen LogP) is 10.6. The molecule has 0 spiro atoms. The van der Waals surface area contributed by atoms with Crippen molar-refractivity contribution in [2.75, 3.05) is 0 Å². The lowest BCUT2D eigenvalue weighted by atomic mass is 9.86. The van der Waals surface area contributed by atoms with Gasteiger partial charge in [0.15, 0.2) is 0 Å². The zero-order valence-corrected chi connectivity index (χ0v) is 20.8. The van der Waals surface area contributed by atoms with Crippen LogP contribution in [-0.4, -0.2) is 0 Å². The monoisotopic (exact) mass is 476 g/mol. The van der Waals surface area contributed by atoms with Gasteiger partial charge in [0.25, 0.3) is 0 Å². The van der Waals surface area contributed by atoms with Crippen LogP contribution >= 0.6 is 8.19 Å². The lowest BCUT2D eigenvalue weighted by Crippen LogP contribution is -1.95.